The summed E-state index contributed by atoms with van der Waals surface area (Å²) in [5.74, 6) is 1.93. The highest BCUT2D eigenvalue weighted by Crippen LogP contribution is 2.31. The molecule has 0 aliphatic heterocycles. The number of benzene rings is 1. The molecule has 1 aromatic carbocycles. The highest BCUT2D eigenvalue weighted by atomic mass is 79.9. The van der Waals surface area contributed by atoms with E-state index in [4.69, 9.17) is 4.74 Å². The third-order valence-electron chi connectivity index (χ3n) is 4.15. The zero-order valence-electron chi connectivity index (χ0n) is 12.6. The molecule has 2 nitrogen and oxygen atoms in total. The summed E-state index contributed by atoms with van der Waals surface area (Å²) in [4.78, 5) is 0. The highest BCUT2D eigenvalue weighted by Gasteiger charge is 2.18. The molecule has 0 heterocycles. The van der Waals surface area contributed by atoms with Gasteiger partial charge in [0.15, 0.2) is 0 Å². The van der Waals surface area contributed by atoms with E-state index in [-0.39, 0.29) is 0 Å². The van der Waals surface area contributed by atoms with E-state index in [1.807, 2.05) is 0 Å². The highest BCUT2D eigenvalue weighted by molar-refractivity contribution is 9.10. The summed E-state index contributed by atoms with van der Waals surface area (Å²) in [6, 6.07) is 6.69. The number of hydrogen-bond donors (Lipinski definition) is 1. The first-order valence-electron chi connectivity index (χ1n) is 7.86. The van der Waals surface area contributed by atoms with Crippen molar-refractivity contribution in [3.05, 3.63) is 28.2 Å². The molecule has 1 aliphatic carbocycles. The largest absolute Gasteiger partial charge is 0.493 e. The predicted molar refractivity (Wildman–Crippen MR) is 88.3 cm³/mol. The second kappa shape index (κ2) is 8.04. The van der Waals surface area contributed by atoms with Crippen molar-refractivity contribution in [1.29, 1.82) is 0 Å². The van der Waals surface area contributed by atoms with Crippen molar-refractivity contribution in [3.8, 4) is 5.75 Å². The monoisotopic (exact) mass is 339 g/mol. The van der Waals surface area contributed by atoms with Crippen molar-refractivity contribution in [1.82, 2.24) is 5.32 Å². The van der Waals surface area contributed by atoms with Crippen molar-refractivity contribution >= 4 is 15.9 Å². The van der Waals surface area contributed by atoms with Crippen LogP contribution in [0.2, 0.25) is 0 Å². The molecule has 0 aromatic heterocycles. The zero-order chi connectivity index (χ0) is 14.4. The summed E-state index contributed by atoms with van der Waals surface area (Å²) in [7, 11) is 0. The maximum absolute atomic E-state index is 6.06. The van der Waals surface area contributed by atoms with Crippen molar-refractivity contribution in [3.63, 3.8) is 0 Å². The molecule has 0 amide bonds. The average molecular weight is 340 g/mol. The first-order valence-corrected chi connectivity index (χ1v) is 8.65. The van der Waals surface area contributed by atoms with Gasteiger partial charge in [0, 0.05) is 16.1 Å². The van der Waals surface area contributed by atoms with E-state index in [0.717, 1.165) is 35.7 Å². The van der Waals surface area contributed by atoms with Gasteiger partial charge in [-0.05, 0) is 44.4 Å². The van der Waals surface area contributed by atoms with Gasteiger partial charge < -0.3 is 10.1 Å². The summed E-state index contributed by atoms with van der Waals surface area (Å²) in [6.45, 7) is 6.28. The molecule has 1 saturated carbocycles. The van der Waals surface area contributed by atoms with Crippen LogP contribution in [0.1, 0.15) is 57.6 Å². The maximum atomic E-state index is 6.06. The fourth-order valence-corrected chi connectivity index (χ4v) is 2.92. The molecular formula is C17H26BrNO. The first kappa shape index (κ1) is 15.8. The van der Waals surface area contributed by atoms with Gasteiger partial charge in [0.1, 0.15) is 5.75 Å². The van der Waals surface area contributed by atoms with Crippen molar-refractivity contribution in [2.45, 2.75) is 52.0 Å². The van der Waals surface area contributed by atoms with Gasteiger partial charge in [0.25, 0.3) is 0 Å². The van der Waals surface area contributed by atoms with Crippen LogP contribution in [0.4, 0.5) is 0 Å². The Balaban J connectivity index is 1.94. The van der Waals surface area contributed by atoms with E-state index < -0.39 is 0 Å². The van der Waals surface area contributed by atoms with E-state index in [1.54, 1.807) is 0 Å². The van der Waals surface area contributed by atoms with Crippen LogP contribution in [-0.2, 0) is 0 Å². The fraction of sp³-hybridized carbons (Fsp3) is 0.647. The lowest BCUT2D eigenvalue weighted by atomic mass is 9.83. The van der Waals surface area contributed by atoms with Crippen LogP contribution in [0.5, 0.6) is 5.75 Å². The standard InChI is InChI=1S/C17H26BrNO/c1-3-10-19-13(2)16-8-7-15(18)12-17(16)20-11-9-14-5-4-6-14/h7-8,12-14,19H,3-6,9-11H2,1-2H3. The maximum Gasteiger partial charge on any atom is 0.125 e. The lowest BCUT2D eigenvalue weighted by Crippen LogP contribution is -2.20. The Morgan fingerprint density at radius 2 is 2.20 bits per heavy atom. The first-order chi connectivity index (χ1) is 9.70. The third-order valence-corrected chi connectivity index (χ3v) is 4.64. The van der Waals surface area contributed by atoms with Crippen molar-refractivity contribution in [2.24, 2.45) is 5.92 Å². The molecule has 0 saturated heterocycles. The van der Waals surface area contributed by atoms with E-state index >= 15 is 0 Å². The van der Waals surface area contributed by atoms with Gasteiger partial charge in [-0.25, -0.2) is 0 Å². The van der Waals surface area contributed by atoms with Crippen molar-refractivity contribution in [2.75, 3.05) is 13.2 Å². The topological polar surface area (TPSA) is 21.3 Å². The van der Waals surface area contributed by atoms with Gasteiger partial charge in [-0.15, -0.1) is 0 Å². The molecule has 3 heteroatoms. The average Bonchev–Trinajstić information content (AvgIpc) is 2.39. The van der Waals surface area contributed by atoms with Crippen LogP contribution in [0, 0.1) is 5.92 Å². The van der Waals surface area contributed by atoms with Gasteiger partial charge in [-0.1, -0.05) is 48.2 Å². The Hall–Kier alpha value is -0.540. The Labute approximate surface area is 131 Å². The predicted octanol–water partition coefficient (Wildman–Crippen LogP) is 5.08. The number of ether oxygens (including phenoxy) is 1. The SMILES string of the molecule is CCCNC(C)c1ccc(Br)cc1OCCC1CCC1. The molecule has 20 heavy (non-hydrogen) atoms. The minimum Gasteiger partial charge on any atom is -0.493 e. The van der Waals surface area contributed by atoms with Crippen LogP contribution < -0.4 is 10.1 Å². The molecule has 1 unspecified atom stereocenters. The van der Waals surface area contributed by atoms with Crippen molar-refractivity contribution < 1.29 is 4.74 Å². The van der Waals surface area contributed by atoms with E-state index in [9.17, 15) is 0 Å². The molecule has 1 fully saturated rings. The number of rotatable bonds is 8. The number of nitrogens with one attached hydrogen (secondary N) is 1. The molecule has 1 N–H and O–H groups in total. The molecule has 112 valence electrons. The lowest BCUT2D eigenvalue weighted by Gasteiger charge is -2.25. The molecule has 1 atom stereocenters. The van der Waals surface area contributed by atoms with E-state index in [1.165, 1.54) is 31.2 Å². The van der Waals surface area contributed by atoms with Crippen LogP contribution in [0.25, 0.3) is 0 Å². The lowest BCUT2D eigenvalue weighted by molar-refractivity contribution is 0.220. The Morgan fingerprint density at radius 1 is 1.40 bits per heavy atom. The molecule has 1 aliphatic rings. The summed E-state index contributed by atoms with van der Waals surface area (Å²) >= 11 is 3.54. The molecular weight excluding hydrogens is 314 g/mol. The third kappa shape index (κ3) is 4.49. The summed E-state index contributed by atoms with van der Waals surface area (Å²) in [5.41, 5.74) is 1.26. The minimum atomic E-state index is 0.335. The summed E-state index contributed by atoms with van der Waals surface area (Å²) < 4.78 is 7.14. The Morgan fingerprint density at radius 3 is 2.85 bits per heavy atom. The van der Waals surface area contributed by atoms with Gasteiger partial charge >= 0.3 is 0 Å². The minimum absolute atomic E-state index is 0.335. The summed E-state index contributed by atoms with van der Waals surface area (Å²) in [6.07, 6.45) is 6.54. The number of hydrogen-bond acceptors (Lipinski definition) is 2. The second-order valence-electron chi connectivity index (χ2n) is 5.79. The van der Waals surface area contributed by atoms with Gasteiger partial charge in [-0.3, -0.25) is 0 Å². The normalized spacial score (nSPS) is 16.8. The molecule has 2 rings (SSSR count). The molecule has 0 radical (unpaired) electrons. The van der Waals surface area contributed by atoms with E-state index in [2.05, 4.69) is 53.3 Å². The van der Waals surface area contributed by atoms with Crippen LogP contribution in [0.3, 0.4) is 0 Å². The van der Waals surface area contributed by atoms with Gasteiger partial charge in [0.2, 0.25) is 0 Å². The smallest absolute Gasteiger partial charge is 0.125 e. The Kier molecular flexibility index (Phi) is 6.37. The van der Waals surface area contributed by atoms with Crippen LogP contribution >= 0.6 is 15.9 Å². The fourth-order valence-electron chi connectivity index (χ4n) is 2.58. The van der Waals surface area contributed by atoms with Crippen LogP contribution in [-0.4, -0.2) is 13.2 Å². The quantitative estimate of drug-likeness (QED) is 0.713. The van der Waals surface area contributed by atoms with Crippen LogP contribution in [0.15, 0.2) is 22.7 Å². The molecule has 1 aromatic rings. The van der Waals surface area contributed by atoms with Gasteiger partial charge in [-0.2, -0.15) is 0 Å². The van der Waals surface area contributed by atoms with Gasteiger partial charge in [0.05, 0.1) is 6.61 Å². The summed E-state index contributed by atoms with van der Waals surface area (Å²) in [5, 5.41) is 3.53. The Bertz CT molecular complexity index is 417. The number of halogens is 1. The molecule has 0 spiro atoms. The zero-order valence-corrected chi connectivity index (χ0v) is 14.2. The second-order valence-corrected chi connectivity index (χ2v) is 6.71. The van der Waals surface area contributed by atoms with E-state index in [0.29, 0.717) is 6.04 Å². The molecule has 0 bridgehead atoms.